The highest BCUT2D eigenvalue weighted by Crippen LogP contribution is 2.41. The van der Waals surface area contributed by atoms with Gasteiger partial charge in [0.05, 0.1) is 30.7 Å². The maximum absolute atomic E-state index is 13.1. The van der Waals surface area contributed by atoms with Gasteiger partial charge in [-0.2, -0.15) is 18.2 Å². The predicted octanol–water partition coefficient (Wildman–Crippen LogP) is 4.95. The standard InChI is InChI=1S/C22H22F3IN4O3/c1-12-15-9-14(11-22(23,24)25)10-16(26)18(15)28-19(17(12)20-27-13(2)29-33-20)30-5-3-21(4-6-30)31-7-8-32-21/h9-10H,3-8,11H2,1-2H3. The molecule has 2 aromatic heterocycles. The fourth-order valence-electron chi connectivity index (χ4n) is 4.58. The topological polar surface area (TPSA) is 73.5 Å². The van der Waals surface area contributed by atoms with E-state index in [2.05, 4.69) is 37.6 Å². The molecule has 0 amide bonds. The van der Waals surface area contributed by atoms with E-state index in [9.17, 15) is 13.2 Å². The molecular weight excluding hydrogens is 552 g/mol. The summed E-state index contributed by atoms with van der Waals surface area (Å²) in [4.78, 5) is 11.5. The van der Waals surface area contributed by atoms with E-state index < -0.39 is 18.4 Å². The molecule has 11 heteroatoms. The van der Waals surface area contributed by atoms with Crippen LogP contribution >= 0.6 is 22.6 Å². The van der Waals surface area contributed by atoms with Crippen molar-refractivity contribution in [3.05, 3.63) is 32.7 Å². The van der Waals surface area contributed by atoms with Crippen molar-refractivity contribution in [1.29, 1.82) is 0 Å². The average molecular weight is 574 g/mol. The number of benzene rings is 1. The van der Waals surface area contributed by atoms with Crippen LogP contribution in [-0.2, 0) is 15.9 Å². The Balaban J connectivity index is 1.63. The molecule has 0 unspecified atom stereocenters. The van der Waals surface area contributed by atoms with Crippen molar-refractivity contribution >= 4 is 39.3 Å². The quantitative estimate of drug-likeness (QED) is 0.410. The van der Waals surface area contributed by atoms with Crippen LogP contribution in [0.4, 0.5) is 19.0 Å². The summed E-state index contributed by atoms with van der Waals surface area (Å²) in [5, 5.41) is 4.56. The van der Waals surface area contributed by atoms with E-state index in [0.717, 1.165) is 5.56 Å². The van der Waals surface area contributed by atoms with E-state index in [4.69, 9.17) is 19.0 Å². The lowest BCUT2D eigenvalue weighted by molar-refractivity contribution is -0.169. The van der Waals surface area contributed by atoms with Crippen molar-refractivity contribution in [2.75, 3.05) is 31.2 Å². The van der Waals surface area contributed by atoms with Crippen LogP contribution < -0.4 is 4.90 Å². The zero-order valence-electron chi connectivity index (χ0n) is 18.1. The molecule has 0 N–H and O–H groups in total. The number of fused-ring (bicyclic) bond motifs is 1. The summed E-state index contributed by atoms with van der Waals surface area (Å²) in [6.07, 6.45) is -3.91. The number of hydrogen-bond acceptors (Lipinski definition) is 7. The fraction of sp³-hybridized carbons (Fsp3) is 0.500. The van der Waals surface area contributed by atoms with E-state index >= 15 is 0 Å². The van der Waals surface area contributed by atoms with Crippen LogP contribution in [0.25, 0.3) is 22.4 Å². The smallest absolute Gasteiger partial charge is 0.356 e. The van der Waals surface area contributed by atoms with Crippen LogP contribution in [0.5, 0.6) is 0 Å². The Morgan fingerprint density at radius 2 is 1.79 bits per heavy atom. The Morgan fingerprint density at radius 3 is 2.39 bits per heavy atom. The van der Waals surface area contributed by atoms with Gasteiger partial charge in [0.1, 0.15) is 5.82 Å². The molecule has 176 valence electrons. The van der Waals surface area contributed by atoms with Crippen molar-refractivity contribution < 1.29 is 27.2 Å². The zero-order valence-corrected chi connectivity index (χ0v) is 20.3. The summed E-state index contributed by atoms with van der Waals surface area (Å²) >= 11 is 2.06. The zero-order chi connectivity index (χ0) is 23.4. The largest absolute Gasteiger partial charge is 0.393 e. The van der Waals surface area contributed by atoms with Gasteiger partial charge in [0.2, 0.25) is 0 Å². The molecule has 0 saturated carbocycles. The molecule has 2 saturated heterocycles. The molecule has 0 aliphatic carbocycles. The third-order valence-corrected chi connectivity index (χ3v) is 6.95. The van der Waals surface area contributed by atoms with Crippen LogP contribution in [0.1, 0.15) is 29.8 Å². The highest BCUT2D eigenvalue weighted by molar-refractivity contribution is 14.1. The molecule has 3 aromatic rings. The number of hydrogen-bond donors (Lipinski definition) is 0. The Hall–Kier alpha value is -1.99. The van der Waals surface area contributed by atoms with Gasteiger partial charge < -0.3 is 18.9 Å². The molecule has 2 fully saturated rings. The second-order valence-electron chi connectivity index (χ2n) is 8.44. The molecule has 2 aliphatic heterocycles. The first kappa shape index (κ1) is 22.8. The first-order valence-corrected chi connectivity index (χ1v) is 11.7. The van der Waals surface area contributed by atoms with Crippen molar-refractivity contribution in [3.63, 3.8) is 0 Å². The maximum atomic E-state index is 13.1. The van der Waals surface area contributed by atoms with E-state index in [1.165, 1.54) is 0 Å². The Bertz CT molecular complexity index is 1200. The number of nitrogens with zero attached hydrogens (tertiary/aromatic N) is 4. The van der Waals surface area contributed by atoms with E-state index in [-0.39, 0.29) is 5.56 Å². The number of aryl methyl sites for hydroxylation is 2. The summed E-state index contributed by atoms with van der Waals surface area (Å²) in [6, 6.07) is 3.11. The Labute approximate surface area is 201 Å². The van der Waals surface area contributed by atoms with Gasteiger partial charge in [-0.25, -0.2) is 4.98 Å². The molecule has 0 radical (unpaired) electrons. The second-order valence-corrected chi connectivity index (χ2v) is 9.60. The molecule has 0 bridgehead atoms. The molecule has 1 aromatic carbocycles. The third kappa shape index (κ3) is 4.42. The van der Waals surface area contributed by atoms with Crippen molar-refractivity contribution in [3.8, 4) is 11.5 Å². The van der Waals surface area contributed by atoms with Gasteiger partial charge in [-0.05, 0) is 59.7 Å². The average Bonchev–Trinajstić information content (AvgIpc) is 3.37. The SMILES string of the molecule is Cc1noc(-c2c(N3CCC4(CC3)OCCO4)nc3c(I)cc(CC(F)(F)F)cc3c2C)n1. The van der Waals surface area contributed by atoms with Crippen molar-refractivity contribution in [2.24, 2.45) is 0 Å². The number of rotatable bonds is 3. The summed E-state index contributed by atoms with van der Waals surface area (Å²) < 4.78 is 57.1. The molecule has 2 aliphatic rings. The third-order valence-electron chi connectivity index (χ3n) is 6.13. The minimum Gasteiger partial charge on any atom is -0.356 e. The minimum absolute atomic E-state index is 0.195. The lowest BCUT2D eigenvalue weighted by Gasteiger charge is -2.38. The van der Waals surface area contributed by atoms with E-state index in [1.54, 1.807) is 19.1 Å². The lowest BCUT2D eigenvalue weighted by atomic mass is 9.98. The van der Waals surface area contributed by atoms with Gasteiger partial charge in [-0.1, -0.05) is 5.16 Å². The minimum atomic E-state index is -4.29. The monoisotopic (exact) mass is 574 g/mol. The number of pyridine rings is 1. The number of ether oxygens (including phenoxy) is 2. The number of aromatic nitrogens is 3. The van der Waals surface area contributed by atoms with Crippen LogP contribution in [0, 0.1) is 17.4 Å². The molecule has 7 nitrogen and oxygen atoms in total. The van der Waals surface area contributed by atoms with Gasteiger partial charge in [0.25, 0.3) is 5.89 Å². The van der Waals surface area contributed by atoms with E-state index in [0.29, 0.717) is 76.7 Å². The van der Waals surface area contributed by atoms with Crippen LogP contribution in [-0.4, -0.2) is 53.4 Å². The van der Waals surface area contributed by atoms with Crippen LogP contribution in [0.3, 0.4) is 0 Å². The summed E-state index contributed by atoms with van der Waals surface area (Å²) in [5.41, 5.74) is 2.25. The molecule has 1 spiro atoms. The van der Waals surface area contributed by atoms with Crippen LogP contribution in [0.15, 0.2) is 16.7 Å². The summed E-state index contributed by atoms with van der Waals surface area (Å²) in [6.45, 7) is 6.09. The van der Waals surface area contributed by atoms with Gasteiger partial charge in [-0.15, -0.1) is 0 Å². The highest BCUT2D eigenvalue weighted by atomic mass is 127. The van der Waals surface area contributed by atoms with Gasteiger partial charge >= 0.3 is 6.18 Å². The molecule has 0 atom stereocenters. The molecular formula is C22H22F3IN4O3. The van der Waals surface area contributed by atoms with E-state index in [1.807, 2.05) is 6.92 Å². The number of halogens is 4. The first-order valence-electron chi connectivity index (χ1n) is 10.7. The Kier molecular flexibility index (Phi) is 5.76. The summed E-state index contributed by atoms with van der Waals surface area (Å²) in [7, 11) is 0. The number of alkyl halides is 3. The lowest BCUT2D eigenvalue weighted by Crippen LogP contribution is -2.45. The molecule has 5 rings (SSSR count). The second kappa shape index (κ2) is 8.35. The predicted molar refractivity (Wildman–Crippen MR) is 123 cm³/mol. The number of piperidine rings is 1. The highest BCUT2D eigenvalue weighted by Gasteiger charge is 2.41. The number of anilines is 1. The first-order chi connectivity index (χ1) is 15.6. The Morgan fingerprint density at radius 1 is 1.09 bits per heavy atom. The fourth-order valence-corrected chi connectivity index (χ4v) is 5.39. The van der Waals surface area contributed by atoms with Crippen molar-refractivity contribution in [2.45, 2.75) is 45.1 Å². The summed E-state index contributed by atoms with van der Waals surface area (Å²) in [5.74, 6) is 0.920. The van der Waals surface area contributed by atoms with Gasteiger partial charge in [0, 0.05) is 34.9 Å². The van der Waals surface area contributed by atoms with Gasteiger partial charge in [0.15, 0.2) is 11.6 Å². The molecule has 33 heavy (non-hydrogen) atoms. The van der Waals surface area contributed by atoms with Crippen LogP contribution in [0.2, 0.25) is 0 Å². The molecule has 4 heterocycles. The van der Waals surface area contributed by atoms with Crippen molar-refractivity contribution in [1.82, 2.24) is 15.1 Å². The van der Waals surface area contributed by atoms with Gasteiger partial charge in [-0.3, -0.25) is 0 Å². The maximum Gasteiger partial charge on any atom is 0.393 e. The normalized spacial score (nSPS) is 18.5.